The van der Waals surface area contributed by atoms with Crippen LogP contribution in [0.4, 0.5) is 0 Å². The highest BCUT2D eigenvalue weighted by Crippen LogP contribution is 2.20. The lowest BCUT2D eigenvalue weighted by molar-refractivity contribution is 0.140. The summed E-state index contributed by atoms with van der Waals surface area (Å²) in [6.45, 7) is 15.9. The Morgan fingerprint density at radius 1 is 1.20 bits per heavy atom. The molecular formula is C16H34N4. The van der Waals surface area contributed by atoms with E-state index in [1.54, 1.807) is 0 Å². The number of likely N-dealkylation sites (tertiary alicyclic amines) is 1. The number of nitrogens with zero attached hydrogens (tertiary/aromatic N) is 2. The molecule has 0 saturated carbocycles. The number of nitrogens with one attached hydrogen (secondary N) is 2. The second kappa shape index (κ2) is 7.87. The Labute approximate surface area is 125 Å². The minimum atomic E-state index is 0.0551. The molecule has 20 heavy (non-hydrogen) atoms. The maximum absolute atomic E-state index is 4.26. The molecule has 0 radical (unpaired) electrons. The molecule has 0 aromatic heterocycles. The van der Waals surface area contributed by atoms with Crippen LogP contribution in [0.2, 0.25) is 0 Å². The molecule has 0 spiro atoms. The minimum Gasteiger partial charge on any atom is -0.356 e. The van der Waals surface area contributed by atoms with Crippen molar-refractivity contribution in [2.24, 2.45) is 16.8 Å². The van der Waals surface area contributed by atoms with E-state index in [0.29, 0.717) is 0 Å². The van der Waals surface area contributed by atoms with Crippen LogP contribution in [0.15, 0.2) is 4.99 Å². The summed E-state index contributed by atoms with van der Waals surface area (Å²) in [5, 5.41) is 6.78. The average molecular weight is 282 g/mol. The van der Waals surface area contributed by atoms with Crippen LogP contribution in [0.25, 0.3) is 0 Å². The van der Waals surface area contributed by atoms with E-state index in [1.807, 2.05) is 7.05 Å². The summed E-state index contributed by atoms with van der Waals surface area (Å²) >= 11 is 0. The van der Waals surface area contributed by atoms with Crippen LogP contribution in [0, 0.1) is 11.8 Å². The van der Waals surface area contributed by atoms with E-state index in [4.69, 9.17) is 0 Å². The second-order valence-corrected chi connectivity index (χ2v) is 7.43. The number of rotatable bonds is 4. The van der Waals surface area contributed by atoms with Crippen LogP contribution in [0.3, 0.4) is 0 Å². The van der Waals surface area contributed by atoms with Crippen molar-refractivity contribution in [1.29, 1.82) is 0 Å². The lowest BCUT2D eigenvalue weighted by atomic mass is 9.92. The molecule has 0 amide bonds. The molecule has 2 atom stereocenters. The van der Waals surface area contributed by atoms with E-state index in [1.165, 1.54) is 32.5 Å². The van der Waals surface area contributed by atoms with Gasteiger partial charge in [-0.15, -0.1) is 0 Å². The van der Waals surface area contributed by atoms with Gasteiger partial charge in [0.15, 0.2) is 5.96 Å². The molecule has 118 valence electrons. The molecular weight excluding hydrogens is 248 g/mol. The molecule has 4 heteroatoms. The third-order valence-corrected chi connectivity index (χ3v) is 3.61. The highest BCUT2D eigenvalue weighted by molar-refractivity contribution is 5.80. The summed E-state index contributed by atoms with van der Waals surface area (Å²) in [7, 11) is 1.83. The van der Waals surface area contributed by atoms with E-state index >= 15 is 0 Å². The van der Waals surface area contributed by atoms with Gasteiger partial charge in [0.25, 0.3) is 0 Å². The predicted octanol–water partition coefficient (Wildman–Crippen LogP) is 2.32. The van der Waals surface area contributed by atoms with Crippen LogP contribution < -0.4 is 10.6 Å². The lowest BCUT2D eigenvalue weighted by Gasteiger charge is -2.35. The van der Waals surface area contributed by atoms with E-state index in [9.17, 15) is 0 Å². The highest BCUT2D eigenvalue weighted by atomic mass is 15.2. The zero-order valence-corrected chi connectivity index (χ0v) is 14.3. The topological polar surface area (TPSA) is 39.7 Å². The fourth-order valence-electron chi connectivity index (χ4n) is 3.02. The van der Waals surface area contributed by atoms with Gasteiger partial charge in [-0.2, -0.15) is 0 Å². The number of hydrogen-bond donors (Lipinski definition) is 2. The standard InChI is InChI=1S/C16H34N4/c1-13-10-14(2)12-20(11-13)9-7-8-18-15(17-6)19-16(3,4)5/h13-14H,7-12H2,1-6H3,(H2,17,18,19). The fourth-order valence-corrected chi connectivity index (χ4v) is 3.02. The fraction of sp³-hybridized carbons (Fsp3) is 0.938. The van der Waals surface area contributed by atoms with Gasteiger partial charge < -0.3 is 15.5 Å². The Bertz CT molecular complexity index is 296. The number of guanidine groups is 1. The summed E-state index contributed by atoms with van der Waals surface area (Å²) in [4.78, 5) is 6.87. The first kappa shape index (κ1) is 17.3. The molecule has 0 aliphatic carbocycles. The molecule has 1 aliphatic heterocycles. The maximum atomic E-state index is 4.26. The molecule has 2 unspecified atom stereocenters. The molecule has 0 aromatic rings. The van der Waals surface area contributed by atoms with Crippen molar-refractivity contribution in [1.82, 2.24) is 15.5 Å². The first-order chi connectivity index (χ1) is 9.30. The Hall–Kier alpha value is -0.770. The smallest absolute Gasteiger partial charge is 0.191 e. The van der Waals surface area contributed by atoms with Gasteiger partial charge in [-0.25, -0.2) is 0 Å². The van der Waals surface area contributed by atoms with Crippen LogP contribution in [-0.2, 0) is 0 Å². The molecule has 0 aromatic carbocycles. The summed E-state index contributed by atoms with van der Waals surface area (Å²) < 4.78 is 0. The van der Waals surface area contributed by atoms with Crippen molar-refractivity contribution in [2.75, 3.05) is 33.2 Å². The third-order valence-electron chi connectivity index (χ3n) is 3.61. The zero-order valence-electron chi connectivity index (χ0n) is 14.3. The Morgan fingerprint density at radius 2 is 1.80 bits per heavy atom. The van der Waals surface area contributed by atoms with Crippen molar-refractivity contribution in [3.05, 3.63) is 0 Å². The molecule has 2 N–H and O–H groups in total. The summed E-state index contributed by atoms with van der Waals surface area (Å²) in [5.74, 6) is 2.60. The Kier molecular flexibility index (Phi) is 6.80. The summed E-state index contributed by atoms with van der Waals surface area (Å²) in [6.07, 6.45) is 2.56. The predicted molar refractivity (Wildman–Crippen MR) is 88.3 cm³/mol. The summed E-state index contributed by atoms with van der Waals surface area (Å²) in [5.41, 5.74) is 0.0551. The monoisotopic (exact) mass is 282 g/mol. The van der Waals surface area contributed by atoms with E-state index in [2.05, 4.69) is 55.1 Å². The van der Waals surface area contributed by atoms with Gasteiger partial charge in [-0.1, -0.05) is 13.8 Å². The number of piperidine rings is 1. The van der Waals surface area contributed by atoms with Crippen molar-refractivity contribution in [3.8, 4) is 0 Å². The molecule has 1 rings (SSSR count). The van der Waals surface area contributed by atoms with Crippen LogP contribution in [0.5, 0.6) is 0 Å². The van der Waals surface area contributed by atoms with Gasteiger partial charge in [-0.05, 0) is 52.0 Å². The zero-order chi connectivity index (χ0) is 15.2. The third kappa shape index (κ3) is 7.13. The average Bonchev–Trinajstić information content (AvgIpc) is 2.30. The highest BCUT2D eigenvalue weighted by Gasteiger charge is 2.21. The molecule has 1 aliphatic rings. The van der Waals surface area contributed by atoms with Crippen molar-refractivity contribution < 1.29 is 0 Å². The number of hydrogen-bond acceptors (Lipinski definition) is 2. The van der Waals surface area contributed by atoms with Crippen molar-refractivity contribution >= 4 is 5.96 Å². The first-order valence-electron chi connectivity index (χ1n) is 8.01. The van der Waals surface area contributed by atoms with Crippen LogP contribution in [0.1, 0.15) is 47.5 Å². The molecule has 4 nitrogen and oxygen atoms in total. The minimum absolute atomic E-state index is 0.0551. The Balaban J connectivity index is 2.20. The van der Waals surface area contributed by atoms with Gasteiger partial charge in [-0.3, -0.25) is 4.99 Å². The largest absolute Gasteiger partial charge is 0.356 e. The van der Waals surface area contributed by atoms with Gasteiger partial charge in [0.2, 0.25) is 0 Å². The first-order valence-corrected chi connectivity index (χ1v) is 8.01. The molecule has 1 fully saturated rings. The second-order valence-electron chi connectivity index (χ2n) is 7.43. The van der Waals surface area contributed by atoms with Crippen LogP contribution in [-0.4, -0.2) is 49.6 Å². The van der Waals surface area contributed by atoms with Crippen molar-refractivity contribution in [2.45, 2.75) is 53.0 Å². The molecule has 0 bridgehead atoms. The Morgan fingerprint density at radius 3 is 2.30 bits per heavy atom. The van der Waals surface area contributed by atoms with Gasteiger partial charge in [0, 0.05) is 32.2 Å². The lowest BCUT2D eigenvalue weighted by Crippen LogP contribution is -2.48. The van der Waals surface area contributed by atoms with E-state index < -0.39 is 0 Å². The SMILES string of the molecule is CN=C(NCCCN1CC(C)CC(C)C1)NC(C)(C)C. The quantitative estimate of drug-likeness (QED) is 0.472. The normalized spacial score (nSPS) is 25.6. The van der Waals surface area contributed by atoms with Gasteiger partial charge in [0.05, 0.1) is 0 Å². The van der Waals surface area contributed by atoms with Crippen molar-refractivity contribution in [3.63, 3.8) is 0 Å². The number of aliphatic imine (C=N–C) groups is 1. The van der Waals surface area contributed by atoms with E-state index in [-0.39, 0.29) is 5.54 Å². The maximum Gasteiger partial charge on any atom is 0.191 e. The van der Waals surface area contributed by atoms with Crippen LogP contribution >= 0.6 is 0 Å². The van der Waals surface area contributed by atoms with E-state index in [0.717, 1.165) is 24.3 Å². The van der Waals surface area contributed by atoms with Gasteiger partial charge in [0.1, 0.15) is 0 Å². The summed E-state index contributed by atoms with van der Waals surface area (Å²) in [6, 6.07) is 0. The molecule has 1 heterocycles. The van der Waals surface area contributed by atoms with Gasteiger partial charge >= 0.3 is 0 Å². The molecule has 1 saturated heterocycles.